The molecule has 1 saturated heterocycles. The van der Waals surface area contributed by atoms with Crippen molar-refractivity contribution in [2.75, 3.05) is 18.0 Å². The first kappa shape index (κ1) is 10.9. The summed E-state index contributed by atoms with van der Waals surface area (Å²) in [5.74, 6) is -0.612. The van der Waals surface area contributed by atoms with Gasteiger partial charge in [-0.05, 0) is 12.8 Å². The van der Waals surface area contributed by atoms with Crippen molar-refractivity contribution in [2.24, 2.45) is 5.73 Å². The standard InChI is InChI=1S/C9H11N3O3S/c10-8(13)7-5-6(12(14)15)9(16-7)11-3-1-2-4-11/h5H,1-4H2,(H2,10,13). The molecule has 6 nitrogen and oxygen atoms in total. The van der Waals surface area contributed by atoms with Gasteiger partial charge in [0.15, 0.2) is 5.00 Å². The number of nitro groups is 1. The van der Waals surface area contributed by atoms with Gasteiger partial charge in [-0.1, -0.05) is 0 Å². The third kappa shape index (κ3) is 1.85. The second kappa shape index (κ2) is 4.09. The molecule has 0 unspecified atom stereocenters. The highest BCUT2D eigenvalue weighted by atomic mass is 32.1. The Hall–Kier alpha value is -1.63. The number of hydrogen-bond acceptors (Lipinski definition) is 5. The first-order valence-corrected chi connectivity index (χ1v) is 5.74. The summed E-state index contributed by atoms with van der Waals surface area (Å²) < 4.78 is 0. The number of hydrogen-bond donors (Lipinski definition) is 1. The van der Waals surface area contributed by atoms with Gasteiger partial charge >= 0.3 is 5.69 Å². The van der Waals surface area contributed by atoms with Crippen LogP contribution in [0.3, 0.4) is 0 Å². The van der Waals surface area contributed by atoms with Gasteiger partial charge in [0.25, 0.3) is 5.91 Å². The van der Waals surface area contributed by atoms with Crippen LogP contribution in [0.4, 0.5) is 10.7 Å². The number of amides is 1. The summed E-state index contributed by atoms with van der Waals surface area (Å²) in [4.78, 5) is 23.6. The summed E-state index contributed by atoms with van der Waals surface area (Å²) in [5, 5.41) is 11.4. The molecule has 0 aliphatic carbocycles. The molecule has 2 rings (SSSR count). The zero-order valence-electron chi connectivity index (χ0n) is 8.51. The van der Waals surface area contributed by atoms with Crippen LogP contribution in [-0.4, -0.2) is 23.9 Å². The van der Waals surface area contributed by atoms with Crippen molar-refractivity contribution in [3.05, 3.63) is 21.1 Å². The lowest BCUT2D eigenvalue weighted by atomic mass is 10.4. The minimum Gasteiger partial charge on any atom is -0.365 e. The first-order valence-electron chi connectivity index (χ1n) is 4.92. The largest absolute Gasteiger partial charge is 0.365 e. The Balaban J connectivity index is 2.40. The van der Waals surface area contributed by atoms with Crippen LogP contribution in [-0.2, 0) is 0 Å². The Kier molecular flexibility index (Phi) is 2.78. The molecule has 7 heteroatoms. The van der Waals surface area contributed by atoms with E-state index in [2.05, 4.69) is 0 Å². The lowest BCUT2D eigenvalue weighted by Gasteiger charge is -2.13. The molecule has 0 radical (unpaired) electrons. The summed E-state index contributed by atoms with van der Waals surface area (Å²) in [7, 11) is 0. The van der Waals surface area contributed by atoms with E-state index in [0.29, 0.717) is 5.00 Å². The van der Waals surface area contributed by atoms with E-state index in [1.807, 2.05) is 4.90 Å². The molecule has 0 atom stereocenters. The summed E-state index contributed by atoms with van der Waals surface area (Å²) in [6, 6.07) is 1.26. The Labute approximate surface area is 95.8 Å². The van der Waals surface area contributed by atoms with Gasteiger partial charge in [-0.15, -0.1) is 11.3 Å². The van der Waals surface area contributed by atoms with Crippen molar-refractivity contribution < 1.29 is 9.72 Å². The normalized spacial score (nSPS) is 15.4. The van der Waals surface area contributed by atoms with Gasteiger partial charge in [0.1, 0.15) is 4.88 Å². The molecule has 0 saturated carbocycles. The fourth-order valence-corrected chi connectivity index (χ4v) is 2.80. The van der Waals surface area contributed by atoms with Gasteiger partial charge in [-0.2, -0.15) is 0 Å². The molecular weight excluding hydrogens is 230 g/mol. The van der Waals surface area contributed by atoms with Crippen molar-refractivity contribution in [3.8, 4) is 0 Å². The summed E-state index contributed by atoms with van der Waals surface area (Å²) >= 11 is 1.10. The number of carbonyl (C=O) groups excluding carboxylic acids is 1. The van der Waals surface area contributed by atoms with Gasteiger partial charge in [0.2, 0.25) is 0 Å². The monoisotopic (exact) mass is 241 g/mol. The van der Waals surface area contributed by atoms with Crippen LogP contribution in [0.5, 0.6) is 0 Å². The molecule has 16 heavy (non-hydrogen) atoms. The third-order valence-electron chi connectivity index (χ3n) is 2.53. The van der Waals surface area contributed by atoms with E-state index in [9.17, 15) is 14.9 Å². The molecule has 0 aromatic carbocycles. The highest BCUT2D eigenvalue weighted by Crippen LogP contribution is 2.38. The van der Waals surface area contributed by atoms with Crippen LogP contribution in [0.1, 0.15) is 22.5 Å². The van der Waals surface area contributed by atoms with Crippen molar-refractivity contribution in [3.63, 3.8) is 0 Å². The van der Waals surface area contributed by atoms with E-state index in [4.69, 9.17) is 5.73 Å². The quantitative estimate of drug-likeness (QED) is 0.639. The molecule has 2 heterocycles. The third-order valence-corrected chi connectivity index (χ3v) is 3.73. The zero-order valence-corrected chi connectivity index (χ0v) is 9.33. The molecule has 1 aromatic rings. The van der Waals surface area contributed by atoms with Crippen LogP contribution in [0.15, 0.2) is 6.07 Å². The highest BCUT2D eigenvalue weighted by Gasteiger charge is 2.27. The van der Waals surface area contributed by atoms with Gasteiger partial charge in [0, 0.05) is 19.2 Å². The number of nitrogens with two attached hydrogens (primary N) is 1. The lowest BCUT2D eigenvalue weighted by Crippen LogP contribution is -2.17. The van der Waals surface area contributed by atoms with E-state index in [1.165, 1.54) is 6.07 Å². The number of thiophene rings is 1. The van der Waals surface area contributed by atoms with E-state index >= 15 is 0 Å². The average molecular weight is 241 g/mol. The molecule has 2 N–H and O–H groups in total. The molecule has 1 aliphatic rings. The highest BCUT2D eigenvalue weighted by molar-refractivity contribution is 7.18. The number of rotatable bonds is 3. The number of nitrogens with zero attached hydrogens (tertiary/aromatic N) is 2. The van der Waals surface area contributed by atoms with Crippen LogP contribution in [0, 0.1) is 10.1 Å². The van der Waals surface area contributed by atoms with E-state index in [1.54, 1.807) is 0 Å². The van der Waals surface area contributed by atoms with Crippen LogP contribution in [0.25, 0.3) is 0 Å². The molecular formula is C9H11N3O3S. The van der Waals surface area contributed by atoms with Crippen LogP contribution >= 0.6 is 11.3 Å². The van der Waals surface area contributed by atoms with Gasteiger partial charge in [-0.25, -0.2) is 0 Å². The van der Waals surface area contributed by atoms with Crippen LogP contribution < -0.4 is 10.6 Å². The fourth-order valence-electron chi connectivity index (χ4n) is 1.77. The molecule has 1 fully saturated rings. The molecule has 0 spiro atoms. The SMILES string of the molecule is NC(=O)c1cc([N+](=O)[O-])c(N2CCCC2)s1. The first-order chi connectivity index (χ1) is 7.59. The maximum absolute atomic E-state index is 11.0. The average Bonchev–Trinajstić information content (AvgIpc) is 2.86. The maximum Gasteiger partial charge on any atom is 0.304 e. The second-order valence-electron chi connectivity index (χ2n) is 3.62. The molecule has 1 amide bonds. The van der Waals surface area contributed by atoms with Crippen molar-refractivity contribution in [2.45, 2.75) is 12.8 Å². The van der Waals surface area contributed by atoms with Crippen molar-refractivity contribution >= 4 is 27.9 Å². The fraction of sp³-hybridized carbons (Fsp3) is 0.444. The van der Waals surface area contributed by atoms with Crippen LogP contribution in [0.2, 0.25) is 0 Å². The Morgan fingerprint density at radius 1 is 1.50 bits per heavy atom. The van der Waals surface area contributed by atoms with Crippen molar-refractivity contribution in [1.29, 1.82) is 0 Å². The predicted molar refractivity (Wildman–Crippen MR) is 60.9 cm³/mol. The molecule has 1 aliphatic heterocycles. The Bertz CT molecular complexity index is 437. The smallest absolute Gasteiger partial charge is 0.304 e. The van der Waals surface area contributed by atoms with Crippen molar-refractivity contribution in [1.82, 2.24) is 0 Å². The van der Waals surface area contributed by atoms with Gasteiger partial charge < -0.3 is 10.6 Å². The topological polar surface area (TPSA) is 89.5 Å². The van der Waals surface area contributed by atoms with E-state index in [0.717, 1.165) is 37.3 Å². The predicted octanol–water partition coefficient (Wildman–Crippen LogP) is 1.36. The molecule has 1 aromatic heterocycles. The zero-order chi connectivity index (χ0) is 11.7. The summed E-state index contributed by atoms with van der Waals surface area (Å²) in [6.07, 6.45) is 2.06. The van der Waals surface area contributed by atoms with Gasteiger partial charge in [-0.3, -0.25) is 14.9 Å². The Morgan fingerprint density at radius 3 is 2.62 bits per heavy atom. The van der Waals surface area contributed by atoms with E-state index in [-0.39, 0.29) is 10.6 Å². The molecule has 0 bridgehead atoms. The minimum absolute atomic E-state index is 0.0132. The maximum atomic E-state index is 11.0. The number of carbonyl (C=O) groups is 1. The number of anilines is 1. The Morgan fingerprint density at radius 2 is 2.12 bits per heavy atom. The molecule has 86 valence electrons. The lowest BCUT2D eigenvalue weighted by molar-refractivity contribution is -0.383. The number of primary amides is 1. The summed E-state index contributed by atoms with van der Waals surface area (Å²) in [5.41, 5.74) is 5.11. The van der Waals surface area contributed by atoms with Gasteiger partial charge in [0.05, 0.1) is 4.92 Å². The summed E-state index contributed by atoms with van der Waals surface area (Å²) in [6.45, 7) is 1.61. The minimum atomic E-state index is -0.612. The second-order valence-corrected chi connectivity index (χ2v) is 4.65. The van der Waals surface area contributed by atoms with E-state index < -0.39 is 10.8 Å².